The molecule has 0 spiro atoms. The fourth-order valence-corrected chi connectivity index (χ4v) is 3.70. The molecule has 3 rings (SSSR count). The van der Waals surface area contributed by atoms with Gasteiger partial charge in [-0.1, -0.05) is 13.8 Å². The first-order valence-corrected chi connectivity index (χ1v) is 10.1. The number of carbonyl (C=O) groups is 2. The number of hydrogen-bond donors (Lipinski definition) is 3. The number of nitrogens with one attached hydrogen (secondary N) is 2. The number of rotatable bonds is 8. The lowest BCUT2D eigenvalue weighted by atomic mass is 9.82. The molecule has 0 radical (unpaired) electrons. The van der Waals surface area contributed by atoms with Crippen LogP contribution in [0.1, 0.15) is 74.8 Å². The molecule has 2 aliphatic rings. The zero-order chi connectivity index (χ0) is 19.4. The average molecular weight is 374 g/mol. The van der Waals surface area contributed by atoms with Crippen molar-refractivity contribution in [1.82, 2.24) is 15.3 Å². The maximum Gasteiger partial charge on any atom is 0.252 e. The van der Waals surface area contributed by atoms with Crippen molar-refractivity contribution in [3.05, 3.63) is 17.5 Å². The number of amides is 2. The van der Waals surface area contributed by atoms with Gasteiger partial charge in [-0.3, -0.25) is 9.59 Å². The van der Waals surface area contributed by atoms with E-state index in [2.05, 4.69) is 34.4 Å². The van der Waals surface area contributed by atoms with Gasteiger partial charge < -0.3 is 16.4 Å². The van der Waals surface area contributed by atoms with Crippen LogP contribution in [0.4, 0.5) is 5.95 Å². The molecule has 0 bridgehead atoms. The van der Waals surface area contributed by atoms with Crippen LogP contribution < -0.4 is 16.4 Å². The van der Waals surface area contributed by atoms with Crippen molar-refractivity contribution in [2.75, 3.05) is 5.32 Å². The molecular formula is C20H31N5O2. The van der Waals surface area contributed by atoms with Crippen molar-refractivity contribution in [3.8, 4) is 0 Å². The largest absolute Gasteiger partial charge is 0.365 e. The summed E-state index contributed by atoms with van der Waals surface area (Å²) in [6.45, 7) is 4.11. The van der Waals surface area contributed by atoms with Crippen molar-refractivity contribution in [1.29, 1.82) is 0 Å². The third-order valence-electron chi connectivity index (χ3n) is 5.33. The Morgan fingerprint density at radius 2 is 1.81 bits per heavy atom. The summed E-state index contributed by atoms with van der Waals surface area (Å²) in [5.41, 5.74) is 6.68. The molecule has 1 heterocycles. The molecule has 2 aliphatic carbocycles. The minimum Gasteiger partial charge on any atom is -0.365 e. The summed E-state index contributed by atoms with van der Waals surface area (Å²) in [7, 11) is 0. The molecular weight excluding hydrogens is 342 g/mol. The number of nitrogens with two attached hydrogens (primary N) is 1. The smallest absolute Gasteiger partial charge is 0.252 e. The van der Waals surface area contributed by atoms with E-state index in [0.717, 1.165) is 50.6 Å². The third kappa shape index (κ3) is 5.91. The normalized spacial score (nSPS) is 22.5. The molecule has 0 atom stereocenters. The van der Waals surface area contributed by atoms with Gasteiger partial charge in [-0.15, -0.1) is 0 Å². The van der Waals surface area contributed by atoms with E-state index >= 15 is 0 Å². The summed E-state index contributed by atoms with van der Waals surface area (Å²) >= 11 is 0. The van der Waals surface area contributed by atoms with E-state index in [1.165, 1.54) is 0 Å². The van der Waals surface area contributed by atoms with Crippen LogP contribution in [0.5, 0.6) is 0 Å². The summed E-state index contributed by atoms with van der Waals surface area (Å²) in [6, 6.07) is 0.725. The lowest BCUT2D eigenvalue weighted by Gasteiger charge is -2.29. The SMILES string of the molecule is CC(C)CC(=O)NC1CCC(Cc2nc(NC3CC3)ncc2C(N)=O)CC1. The quantitative estimate of drug-likeness (QED) is 0.648. The van der Waals surface area contributed by atoms with E-state index in [-0.39, 0.29) is 11.9 Å². The first-order valence-electron chi connectivity index (χ1n) is 10.1. The van der Waals surface area contributed by atoms with Crippen LogP contribution in [0.3, 0.4) is 0 Å². The summed E-state index contributed by atoms with van der Waals surface area (Å²) in [5, 5.41) is 6.44. The molecule has 7 heteroatoms. The molecule has 2 amide bonds. The van der Waals surface area contributed by atoms with Crippen LogP contribution in [0, 0.1) is 11.8 Å². The minimum atomic E-state index is -0.474. The fraction of sp³-hybridized carbons (Fsp3) is 0.700. The highest BCUT2D eigenvalue weighted by atomic mass is 16.2. The van der Waals surface area contributed by atoms with Gasteiger partial charge in [0.15, 0.2) is 0 Å². The molecule has 2 saturated carbocycles. The Kier molecular flexibility index (Phi) is 6.29. The zero-order valence-electron chi connectivity index (χ0n) is 16.3. The summed E-state index contributed by atoms with van der Waals surface area (Å²) in [6.07, 6.45) is 9.11. The highest BCUT2D eigenvalue weighted by Gasteiger charge is 2.26. The van der Waals surface area contributed by atoms with E-state index < -0.39 is 5.91 Å². The van der Waals surface area contributed by atoms with E-state index in [1.807, 2.05) is 0 Å². The van der Waals surface area contributed by atoms with Gasteiger partial charge in [-0.2, -0.15) is 0 Å². The van der Waals surface area contributed by atoms with Crippen molar-refractivity contribution in [2.24, 2.45) is 17.6 Å². The molecule has 1 aromatic rings. The molecule has 148 valence electrons. The second kappa shape index (κ2) is 8.67. The highest BCUT2D eigenvalue weighted by molar-refractivity contribution is 5.93. The van der Waals surface area contributed by atoms with Crippen molar-refractivity contribution < 1.29 is 9.59 Å². The average Bonchev–Trinajstić information content (AvgIpc) is 3.40. The summed E-state index contributed by atoms with van der Waals surface area (Å²) in [4.78, 5) is 32.5. The van der Waals surface area contributed by atoms with E-state index in [9.17, 15) is 9.59 Å². The number of nitrogens with zero attached hydrogens (tertiary/aromatic N) is 2. The van der Waals surface area contributed by atoms with Gasteiger partial charge in [-0.05, 0) is 56.8 Å². The van der Waals surface area contributed by atoms with Crippen LogP contribution in [0.2, 0.25) is 0 Å². The second-order valence-electron chi connectivity index (χ2n) is 8.42. The number of anilines is 1. The van der Waals surface area contributed by atoms with Crippen LogP contribution in [-0.2, 0) is 11.2 Å². The molecule has 0 aliphatic heterocycles. The molecule has 0 aromatic carbocycles. The number of carbonyl (C=O) groups excluding carboxylic acids is 2. The maximum atomic E-state index is 12.0. The Bertz CT molecular complexity index is 679. The van der Waals surface area contributed by atoms with Gasteiger partial charge in [0.2, 0.25) is 11.9 Å². The molecule has 2 fully saturated rings. The van der Waals surface area contributed by atoms with E-state index in [1.54, 1.807) is 6.20 Å². The molecule has 4 N–H and O–H groups in total. The van der Waals surface area contributed by atoms with Gasteiger partial charge in [-0.25, -0.2) is 9.97 Å². The van der Waals surface area contributed by atoms with Crippen molar-refractivity contribution in [2.45, 2.75) is 77.3 Å². The van der Waals surface area contributed by atoms with Gasteiger partial charge in [0.25, 0.3) is 5.91 Å². The monoisotopic (exact) mass is 373 g/mol. The van der Waals surface area contributed by atoms with Crippen LogP contribution >= 0.6 is 0 Å². The van der Waals surface area contributed by atoms with Crippen molar-refractivity contribution in [3.63, 3.8) is 0 Å². The Labute approximate surface area is 160 Å². The Morgan fingerprint density at radius 3 is 2.41 bits per heavy atom. The first kappa shape index (κ1) is 19.6. The second-order valence-corrected chi connectivity index (χ2v) is 8.42. The highest BCUT2D eigenvalue weighted by Crippen LogP contribution is 2.29. The Morgan fingerprint density at radius 1 is 1.15 bits per heavy atom. The van der Waals surface area contributed by atoms with E-state index in [0.29, 0.717) is 35.8 Å². The van der Waals surface area contributed by atoms with Gasteiger partial charge in [0.1, 0.15) is 0 Å². The summed E-state index contributed by atoms with van der Waals surface area (Å²) in [5.74, 6) is 1.09. The van der Waals surface area contributed by atoms with Gasteiger partial charge in [0, 0.05) is 24.7 Å². The zero-order valence-corrected chi connectivity index (χ0v) is 16.3. The predicted molar refractivity (Wildman–Crippen MR) is 104 cm³/mol. The molecule has 0 saturated heterocycles. The van der Waals surface area contributed by atoms with Gasteiger partial charge >= 0.3 is 0 Å². The van der Waals surface area contributed by atoms with Gasteiger partial charge in [0.05, 0.1) is 11.3 Å². The molecule has 27 heavy (non-hydrogen) atoms. The number of aromatic nitrogens is 2. The lowest BCUT2D eigenvalue weighted by molar-refractivity contribution is -0.122. The first-order chi connectivity index (χ1) is 12.9. The predicted octanol–water partition coefficient (Wildman–Crippen LogP) is 2.41. The Balaban J connectivity index is 1.56. The van der Waals surface area contributed by atoms with Crippen molar-refractivity contribution >= 4 is 17.8 Å². The number of hydrogen-bond acceptors (Lipinski definition) is 5. The molecule has 7 nitrogen and oxygen atoms in total. The minimum absolute atomic E-state index is 0.149. The Hall–Kier alpha value is -2.18. The molecule has 0 unspecified atom stereocenters. The maximum absolute atomic E-state index is 12.0. The van der Waals surface area contributed by atoms with E-state index in [4.69, 9.17) is 5.73 Å². The molecule has 1 aromatic heterocycles. The number of primary amides is 1. The summed E-state index contributed by atoms with van der Waals surface area (Å²) < 4.78 is 0. The lowest BCUT2D eigenvalue weighted by Crippen LogP contribution is -2.38. The fourth-order valence-electron chi connectivity index (χ4n) is 3.70. The topological polar surface area (TPSA) is 110 Å². The van der Waals surface area contributed by atoms with Crippen LogP contribution in [0.25, 0.3) is 0 Å². The third-order valence-corrected chi connectivity index (χ3v) is 5.33. The van der Waals surface area contributed by atoms with Crippen LogP contribution in [-0.4, -0.2) is 33.9 Å². The van der Waals surface area contributed by atoms with Crippen LogP contribution in [0.15, 0.2) is 6.20 Å². The standard InChI is InChI=1S/C20H31N5O2/c1-12(2)9-18(26)23-14-5-3-13(4-6-14)10-17-16(19(21)27)11-22-20(25-17)24-15-7-8-15/h11-15H,3-10H2,1-2H3,(H2,21,27)(H,23,26)(H,22,24,25).